The van der Waals surface area contributed by atoms with Gasteiger partial charge in [-0.15, -0.1) is 0 Å². The average molecular weight is 283 g/mol. The van der Waals surface area contributed by atoms with E-state index in [0.717, 1.165) is 0 Å². The molecule has 1 atom stereocenters. The molecule has 3 amide bonds. The Kier molecular flexibility index (Phi) is 3.87. The van der Waals surface area contributed by atoms with E-state index in [0.29, 0.717) is 26.1 Å². The van der Waals surface area contributed by atoms with Crippen LogP contribution < -0.4 is 5.32 Å². The van der Waals surface area contributed by atoms with Crippen molar-refractivity contribution in [3.63, 3.8) is 0 Å². The van der Waals surface area contributed by atoms with Gasteiger partial charge >= 0.3 is 6.09 Å². The van der Waals surface area contributed by atoms with Crippen LogP contribution >= 0.6 is 0 Å². The lowest BCUT2D eigenvalue weighted by Gasteiger charge is -2.37. The van der Waals surface area contributed by atoms with E-state index in [-0.39, 0.29) is 24.4 Å². The number of rotatable bonds is 1. The van der Waals surface area contributed by atoms with Gasteiger partial charge in [-0.05, 0) is 20.8 Å². The minimum absolute atomic E-state index is 0.0135. The number of hydrogen-bond acceptors (Lipinski definition) is 4. The largest absolute Gasteiger partial charge is 0.444 e. The van der Waals surface area contributed by atoms with Crippen LogP contribution in [-0.2, 0) is 14.3 Å². The lowest BCUT2D eigenvalue weighted by atomic mass is 10.2. The third kappa shape index (κ3) is 3.40. The van der Waals surface area contributed by atoms with Crippen molar-refractivity contribution in [1.82, 2.24) is 15.1 Å². The van der Waals surface area contributed by atoms with Crippen LogP contribution in [0.2, 0.25) is 0 Å². The summed E-state index contributed by atoms with van der Waals surface area (Å²) in [5.41, 5.74) is -0.570. The lowest BCUT2D eigenvalue weighted by molar-refractivity contribution is -0.138. The zero-order valence-corrected chi connectivity index (χ0v) is 12.1. The summed E-state index contributed by atoms with van der Waals surface area (Å²) < 4.78 is 5.25. The first-order chi connectivity index (χ1) is 9.26. The summed E-state index contributed by atoms with van der Waals surface area (Å²) in [4.78, 5) is 38.3. The molecule has 7 heteroatoms. The topological polar surface area (TPSA) is 79.0 Å². The minimum atomic E-state index is -0.570. The molecule has 0 spiro atoms. The summed E-state index contributed by atoms with van der Waals surface area (Å²) in [6.07, 6.45) is -0.121. The van der Waals surface area contributed by atoms with Gasteiger partial charge < -0.3 is 15.0 Å². The van der Waals surface area contributed by atoms with Crippen LogP contribution in [0.1, 0.15) is 27.2 Å². The Morgan fingerprint density at radius 3 is 2.50 bits per heavy atom. The number of piperazine rings is 1. The fraction of sp³-hybridized carbons (Fsp3) is 0.769. The summed E-state index contributed by atoms with van der Waals surface area (Å²) in [5.74, 6) is -0.166. The highest BCUT2D eigenvalue weighted by Crippen LogP contribution is 2.16. The van der Waals surface area contributed by atoms with Crippen LogP contribution in [0.25, 0.3) is 0 Å². The number of amides is 3. The molecule has 1 N–H and O–H groups in total. The van der Waals surface area contributed by atoms with E-state index in [4.69, 9.17) is 4.74 Å². The van der Waals surface area contributed by atoms with Crippen molar-refractivity contribution < 1.29 is 19.1 Å². The number of carbonyl (C=O) groups excluding carboxylic acids is 3. The van der Waals surface area contributed by atoms with Gasteiger partial charge in [0, 0.05) is 26.1 Å². The molecule has 112 valence electrons. The maximum absolute atomic E-state index is 12.1. The SMILES string of the molecule is CC(C)(C)OC(=O)N1CCN([C@@H]2CNC(=O)C2)C(=O)C1. The molecule has 2 fully saturated rings. The third-order valence-corrected chi connectivity index (χ3v) is 3.31. The smallest absolute Gasteiger partial charge is 0.410 e. The first-order valence-corrected chi connectivity index (χ1v) is 6.80. The molecular weight excluding hydrogens is 262 g/mol. The minimum Gasteiger partial charge on any atom is -0.444 e. The second-order valence-electron chi connectivity index (χ2n) is 6.15. The Hall–Kier alpha value is -1.79. The Morgan fingerprint density at radius 1 is 1.30 bits per heavy atom. The third-order valence-electron chi connectivity index (χ3n) is 3.31. The molecule has 2 heterocycles. The normalized spacial score (nSPS) is 23.9. The van der Waals surface area contributed by atoms with Crippen molar-refractivity contribution in [2.24, 2.45) is 0 Å². The number of carbonyl (C=O) groups is 3. The van der Waals surface area contributed by atoms with E-state index >= 15 is 0 Å². The van der Waals surface area contributed by atoms with Gasteiger partial charge in [0.25, 0.3) is 0 Å². The highest BCUT2D eigenvalue weighted by molar-refractivity contribution is 5.85. The molecule has 20 heavy (non-hydrogen) atoms. The van der Waals surface area contributed by atoms with Crippen molar-refractivity contribution >= 4 is 17.9 Å². The summed E-state index contributed by atoms with van der Waals surface area (Å²) in [6.45, 7) is 6.76. The van der Waals surface area contributed by atoms with Gasteiger partial charge in [0.1, 0.15) is 12.1 Å². The van der Waals surface area contributed by atoms with E-state index < -0.39 is 11.7 Å². The molecule has 0 bridgehead atoms. The van der Waals surface area contributed by atoms with Crippen LogP contribution in [0.5, 0.6) is 0 Å². The summed E-state index contributed by atoms with van der Waals surface area (Å²) in [5, 5.41) is 2.71. The van der Waals surface area contributed by atoms with Crippen LogP contribution in [-0.4, -0.2) is 65.5 Å². The Labute approximate surface area is 118 Å². The zero-order valence-electron chi connectivity index (χ0n) is 12.1. The molecule has 0 aromatic heterocycles. The second kappa shape index (κ2) is 5.30. The van der Waals surface area contributed by atoms with Gasteiger partial charge in [0.05, 0.1) is 6.04 Å². The van der Waals surface area contributed by atoms with E-state index in [1.807, 2.05) is 0 Å². The molecule has 2 aliphatic rings. The quantitative estimate of drug-likeness (QED) is 0.732. The molecule has 0 aliphatic carbocycles. The van der Waals surface area contributed by atoms with Gasteiger partial charge in [-0.2, -0.15) is 0 Å². The predicted octanol–water partition coefficient (Wildman–Crippen LogP) is -0.0458. The van der Waals surface area contributed by atoms with Crippen LogP contribution in [0.3, 0.4) is 0 Å². The van der Waals surface area contributed by atoms with Gasteiger partial charge in [0.2, 0.25) is 11.8 Å². The van der Waals surface area contributed by atoms with Crippen molar-refractivity contribution in [1.29, 1.82) is 0 Å². The zero-order chi connectivity index (χ0) is 14.9. The molecular formula is C13H21N3O4. The van der Waals surface area contributed by atoms with Crippen molar-refractivity contribution in [3.05, 3.63) is 0 Å². The number of nitrogens with one attached hydrogen (secondary N) is 1. The van der Waals surface area contributed by atoms with Gasteiger partial charge in [-0.3, -0.25) is 14.5 Å². The first-order valence-electron chi connectivity index (χ1n) is 6.80. The summed E-state index contributed by atoms with van der Waals surface area (Å²) >= 11 is 0. The van der Waals surface area contributed by atoms with Crippen LogP contribution in [0.4, 0.5) is 4.79 Å². The molecule has 2 aliphatic heterocycles. The van der Waals surface area contributed by atoms with Crippen LogP contribution in [0.15, 0.2) is 0 Å². The highest BCUT2D eigenvalue weighted by atomic mass is 16.6. The van der Waals surface area contributed by atoms with Gasteiger partial charge in [-0.25, -0.2) is 4.79 Å². The van der Waals surface area contributed by atoms with Crippen molar-refractivity contribution in [3.8, 4) is 0 Å². The molecule has 2 saturated heterocycles. The maximum atomic E-state index is 12.1. The Bertz CT molecular complexity index is 430. The molecule has 0 aromatic rings. The number of ether oxygens (including phenoxy) is 1. The van der Waals surface area contributed by atoms with Gasteiger partial charge in [-0.1, -0.05) is 0 Å². The monoisotopic (exact) mass is 283 g/mol. The number of nitrogens with zero attached hydrogens (tertiary/aromatic N) is 2. The average Bonchev–Trinajstić information content (AvgIpc) is 2.73. The maximum Gasteiger partial charge on any atom is 0.410 e. The van der Waals surface area contributed by atoms with E-state index in [9.17, 15) is 14.4 Å². The predicted molar refractivity (Wildman–Crippen MR) is 70.9 cm³/mol. The van der Waals surface area contributed by atoms with E-state index in [2.05, 4.69) is 5.32 Å². The lowest BCUT2D eigenvalue weighted by Crippen LogP contribution is -2.56. The Morgan fingerprint density at radius 2 is 2.00 bits per heavy atom. The van der Waals surface area contributed by atoms with E-state index in [1.165, 1.54) is 4.90 Å². The molecule has 0 radical (unpaired) electrons. The molecule has 2 rings (SSSR count). The summed E-state index contributed by atoms with van der Waals surface area (Å²) in [7, 11) is 0. The highest BCUT2D eigenvalue weighted by Gasteiger charge is 2.36. The molecule has 7 nitrogen and oxygen atoms in total. The molecule has 0 unspecified atom stereocenters. The molecule has 0 aromatic carbocycles. The standard InChI is InChI=1S/C13H21N3O4/c1-13(2,3)20-12(19)15-4-5-16(11(18)8-15)9-6-10(17)14-7-9/h9H,4-8H2,1-3H3,(H,14,17)/t9-/m0/s1. The fourth-order valence-corrected chi connectivity index (χ4v) is 2.37. The van der Waals surface area contributed by atoms with E-state index in [1.54, 1.807) is 25.7 Å². The van der Waals surface area contributed by atoms with Crippen molar-refractivity contribution in [2.45, 2.75) is 38.8 Å². The second-order valence-corrected chi connectivity index (χ2v) is 6.15. The van der Waals surface area contributed by atoms with Crippen molar-refractivity contribution in [2.75, 3.05) is 26.2 Å². The fourth-order valence-electron chi connectivity index (χ4n) is 2.37. The Balaban J connectivity index is 1.90. The van der Waals surface area contributed by atoms with Gasteiger partial charge in [0.15, 0.2) is 0 Å². The first kappa shape index (κ1) is 14.6. The molecule has 0 saturated carbocycles. The summed E-state index contributed by atoms with van der Waals surface area (Å²) in [6, 6.07) is -0.0872. The van der Waals surface area contributed by atoms with Crippen LogP contribution in [0, 0.1) is 0 Å². The number of hydrogen-bond donors (Lipinski definition) is 1.